The SMILES string of the molecule is Cl.Nc1ccc(NC(=O)c2cc(Cl)ccc2OC2CCCC2)cn1. The van der Waals surface area contributed by atoms with E-state index in [2.05, 4.69) is 10.3 Å². The Morgan fingerprint density at radius 3 is 2.67 bits per heavy atom. The van der Waals surface area contributed by atoms with Crippen LogP contribution in [0.15, 0.2) is 36.5 Å². The van der Waals surface area contributed by atoms with E-state index >= 15 is 0 Å². The number of amides is 1. The zero-order chi connectivity index (χ0) is 16.2. The number of nitrogens with two attached hydrogens (primary N) is 1. The number of carbonyl (C=O) groups excluding carboxylic acids is 1. The van der Waals surface area contributed by atoms with E-state index in [9.17, 15) is 4.79 Å². The Kier molecular flexibility index (Phi) is 6.29. The van der Waals surface area contributed by atoms with E-state index in [0.29, 0.717) is 27.8 Å². The van der Waals surface area contributed by atoms with Crippen molar-refractivity contribution in [2.75, 3.05) is 11.1 Å². The van der Waals surface area contributed by atoms with Crippen LogP contribution in [0.5, 0.6) is 5.75 Å². The van der Waals surface area contributed by atoms with Gasteiger partial charge in [0.1, 0.15) is 11.6 Å². The molecule has 0 saturated heterocycles. The highest BCUT2D eigenvalue weighted by Gasteiger charge is 2.20. The van der Waals surface area contributed by atoms with Crippen LogP contribution in [-0.4, -0.2) is 17.0 Å². The Labute approximate surface area is 152 Å². The summed E-state index contributed by atoms with van der Waals surface area (Å²) < 4.78 is 5.98. The number of halogens is 2. The molecule has 7 heteroatoms. The number of ether oxygens (including phenoxy) is 1. The lowest BCUT2D eigenvalue weighted by Crippen LogP contribution is -2.17. The van der Waals surface area contributed by atoms with Gasteiger partial charge in [0, 0.05) is 5.02 Å². The molecule has 3 rings (SSSR count). The molecule has 0 spiro atoms. The fourth-order valence-electron chi connectivity index (χ4n) is 2.65. The Hall–Kier alpha value is -1.98. The molecule has 5 nitrogen and oxygen atoms in total. The predicted molar refractivity (Wildman–Crippen MR) is 98.2 cm³/mol. The van der Waals surface area contributed by atoms with Crippen LogP contribution in [0.2, 0.25) is 5.02 Å². The molecule has 1 aromatic heterocycles. The predicted octanol–water partition coefficient (Wildman–Crippen LogP) is 4.31. The largest absolute Gasteiger partial charge is 0.490 e. The van der Waals surface area contributed by atoms with Gasteiger partial charge in [-0.2, -0.15) is 0 Å². The second-order valence-electron chi connectivity index (χ2n) is 5.59. The topological polar surface area (TPSA) is 77.2 Å². The van der Waals surface area contributed by atoms with E-state index < -0.39 is 0 Å². The molecule has 128 valence electrons. The van der Waals surface area contributed by atoms with Crippen LogP contribution in [-0.2, 0) is 0 Å². The summed E-state index contributed by atoms with van der Waals surface area (Å²) in [6.45, 7) is 0. The summed E-state index contributed by atoms with van der Waals surface area (Å²) in [4.78, 5) is 16.5. The normalized spacial score (nSPS) is 14.0. The first-order valence-corrected chi connectivity index (χ1v) is 7.99. The van der Waals surface area contributed by atoms with Crippen molar-refractivity contribution in [2.45, 2.75) is 31.8 Å². The lowest BCUT2D eigenvalue weighted by atomic mass is 10.1. The zero-order valence-corrected chi connectivity index (χ0v) is 14.6. The second kappa shape index (κ2) is 8.22. The average molecular weight is 368 g/mol. The fraction of sp³-hybridized carbons (Fsp3) is 0.294. The van der Waals surface area contributed by atoms with Crippen molar-refractivity contribution in [2.24, 2.45) is 0 Å². The standard InChI is InChI=1S/C17H18ClN3O2.ClH/c18-11-5-7-15(23-13-3-1-2-4-13)14(9-11)17(22)21-12-6-8-16(19)20-10-12;/h5-10,13H,1-4H2,(H2,19,20)(H,21,22);1H. The minimum absolute atomic E-state index is 0. The Bertz CT molecular complexity index is 701. The molecule has 1 fully saturated rings. The number of hydrogen-bond donors (Lipinski definition) is 2. The van der Waals surface area contributed by atoms with Crippen molar-refractivity contribution in [3.05, 3.63) is 47.1 Å². The maximum atomic E-state index is 12.5. The maximum Gasteiger partial charge on any atom is 0.259 e. The van der Waals surface area contributed by atoms with Gasteiger partial charge in [0.25, 0.3) is 5.91 Å². The maximum absolute atomic E-state index is 12.5. The molecule has 0 aliphatic heterocycles. The second-order valence-corrected chi connectivity index (χ2v) is 6.03. The number of carbonyl (C=O) groups is 1. The van der Waals surface area contributed by atoms with Crippen LogP contribution in [0.3, 0.4) is 0 Å². The summed E-state index contributed by atoms with van der Waals surface area (Å²) >= 11 is 6.04. The number of nitrogen functional groups attached to an aromatic ring is 1. The number of nitrogens with one attached hydrogen (secondary N) is 1. The third-order valence-electron chi connectivity index (χ3n) is 3.83. The van der Waals surface area contributed by atoms with Gasteiger partial charge in [-0.05, 0) is 56.0 Å². The lowest BCUT2D eigenvalue weighted by Gasteiger charge is -2.16. The summed E-state index contributed by atoms with van der Waals surface area (Å²) in [5, 5.41) is 3.27. The molecule has 1 amide bonds. The highest BCUT2D eigenvalue weighted by atomic mass is 35.5. The molecule has 2 aromatic rings. The van der Waals surface area contributed by atoms with Gasteiger partial charge in [0.2, 0.25) is 0 Å². The van der Waals surface area contributed by atoms with Gasteiger partial charge < -0.3 is 15.8 Å². The molecule has 0 unspecified atom stereocenters. The van der Waals surface area contributed by atoms with Crippen molar-refractivity contribution in [3.8, 4) is 5.75 Å². The summed E-state index contributed by atoms with van der Waals surface area (Å²) in [7, 11) is 0. The molecule has 24 heavy (non-hydrogen) atoms. The highest BCUT2D eigenvalue weighted by Crippen LogP contribution is 2.29. The van der Waals surface area contributed by atoms with Gasteiger partial charge >= 0.3 is 0 Å². The van der Waals surface area contributed by atoms with Crippen LogP contribution in [0.1, 0.15) is 36.0 Å². The van der Waals surface area contributed by atoms with Gasteiger partial charge in [-0.25, -0.2) is 4.98 Å². The van der Waals surface area contributed by atoms with Crippen LogP contribution >= 0.6 is 24.0 Å². The molecular formula is C17H19Cl2N3O2. The molecule has 1 aliphatic carbocycles. The number of benzene rings is 1. The smallest absolute Gasteiger partial charge is 0.259 e. The van der Waals surface area contributed by atoms with Crippen LogP contribution in [0.4, 0.5) is 11.5 Å². The van der Waals surface area contributed by atoms with E-state index in [1.807, 2.05) is 0 Å². The summed E-state index contributed by atoms with van der Waals surface area (Å²) in [6, 6.07) is 8.42. The van der Waals surface area contributed by atoms with Crippen LogP contribution in [0, 0.1) is 0 Å². The molecule has 3 N–H and O–H groups in total. The third-order valence-corrected chi connectivity index (χ3v) is 4.06. The van der Waals surface area contributed by atoms with E-state index in [4.69, 9.17) is 22.1 Å². The first-order chi connectivity index (χ1) is 11.1. The van der Waals surface area contributed by atoms with Crippen molar-refractivity contribution < 1.29 is 9.53 Å². The van der Waals surface area contributed by atoms with Gasteiger partial charge in [-0.3, -0.25) is 4.79 Å². The number of hydrogen-bond acceptors (Lipinski definition) is 4. The first-order valence-electron chi connectivity index (χ1n) is 7.61. The summed E-state index contributed by atoms with van der Waals surface area (Å²) in [5.41, 5.74) is 6.53. The molecule has 0 atom stereocenters. The highest BCUT2D eigenvalue weighted by molar-refractivity contribution is 6.31. The van der Waals surface area contributed by atoms with Crippen molar-refractivity contribution in [1.82, 2.24) is 4.98 Å². The van der Waals surface area contributed by atoms with Gasteiger partial charge in [0.15, 0.2) is 0 Å². The van der Waals surface area contributed by atoms with Crippen molar-refractivity contribution in [3.63, 3.8) is 0 Å². The molecule has 1 aliphatic rings. The number of rotatable bonds is 4. The molecule has 1 aromatic carbocycles. The molecular weight excluding hydrogens is 349 g/mol. The average Bonchev–Trinajstić information content (AvgIpc) is 3.04. The minimum Gasteiger partial charge on any atom is -0.490 e. The Balaban J connectivity index is 0.00000208. The van der Waals surface area contributed by atoms with Crippen LogP contribution < -0.4 is 15.8 Å². The van der Waals surface area contributed by atoms with E-state index in [1.54, 1.807) is 30.3 Å². The Morgan fingerprint density at radius 2 is 2.00 bits per heavy atom. The summed E-state index contributed by atoms with van der Waals surface area (Å²) in [5.74, 6) is 0.672. The first kappa shape index (κ1) is 18.4. The van der Waals surface area contributed by atoms with E-state index in [0.717, 1.165) is 25.7 Å². The number of anilines is 2. The number of aromatic nitrogens is 1. The molecule has 1 saturated carbocycles. The van der Waals surface area contributed by atoms with Gasteiger partial charge in [-0.15, -0.1) is 12.4 Å². The monoisotopic (exact) mass is 367 g/mol. The quantitative estimate of drug-likeness (QED) is 0.843. The molecule has 1 heterocycles. The lowest BCUT2D eigenvalue weighted by molar-refractivity contribution is 0.101. The van der Waals surface area contributed by atoms with Gasteiger partial charge in [0.05, 0.1) is 23.6 Å². The molecule has 0 bridgehead atoms. The number of pyridine rings is 1. The minimum atomic E-state index is -0.285. The molecule has 0 radical (unpaired) electrons. The van der Waals surface area contributed by atoms with Crippen molar-refractivity contribution in [1.29, 1.82) is 0 Å². The van der Waals surface area contributed by atoms with E-state index in [1.165, 1.54) is 6.20 Å². The Morgan fingerprint density at radius 1 is 1.25 bits per heavy atom. The van der Waals surface area contributed by atoms with Crippen molar-refractivity contribution >= 4 is 41.4 Å². The summed E-state index contributed by atoms with van der Waals surface area (Å²) in [6.07, 6.45) is 6.04. The van der Waals surface area contributed by atoms with Gasteiger partial charge in [-0.1, -0.05) is 11.6 Å². The number of nitrogens with zero attached hydrogens (tertiary/aromatic N) is 1. The zero-order valence-electron chi connectivity index (χ0n) is 13.0. The van der Waals surface area contributed by atoms with E-state index in [-0.39, 0.29) is 24.4 Å². The third kappa shape index (κ3) is 4.52. The van der Waals surface area contributed by atoms with Crippen LogP contribution in [0.25, 0.3) is 0 Å². The fourth-order valence-corrected chi connectivity index (χ4v) is 2.82.